The average molecular weight is 375 g/mol. The number of pyridine rings is 1. The van der Waals surface area contributed by atoms with Crippen LogP contribution in [0.5, 0.6) is 5.75 Å². The van der Waals surface area contributed by atoms with Gasteiger partial charge in [0.05, 0.1) is 12.2 Å². The Labute approximate surface area is 155 Å². The fourth-order valence-electron chi connectivity index (χ4n) is 2.95. The van der Waals surface area contributed by atoms with Gasteiger partial charge in [-0.15, -0.1) is 5.10 Å². The maximum Gasteiger partial charge on any atom is 0.267 e. The van der Waals surface area contributed by atoms with Crippen molar-refractivity contribution < 1.29 is 14.3 Å². The average Bonchev–Trinajstić information content (AvgIpc) is 3.10. The van der Waals surface area contributed by atoms with Crippen molar-refractivity contribution in [3.63, 3.8) is 0 Å². The van der Waals surface area contributed by atoms with Gasteiger partial charge >= 0.3 is 0 Å². The van der Waals surface area contributed by atoms with Crippen LogP contribution in [0.3, 0.4) is 0 Å². The van der Waals surface area contributed by atoms with E-state index in [4.69, 9.17) is 10.5 Å². The molecule has 2 aromatic heterocycles. The number of aryl methyl sites for hydroxylation is 1. The van der Waals surface area contributed by atoms with Crippen molar-refractivity contribution >= 4 is 23.3 Å². The number of hydrogen-bond acceptors (Lipinski definition) is 7. The smallest absolute Gasteiger partial charge is 0.267 e. The highest BCUT2D eigenvalue weighted by molar-refractivity contribution is 7.08. The van der Waals surface area contributed by atoms with Crippen LogP contribution in [0.15, 0.2) is 18.3 Å². The van der Waals surface area contributed by atoms with Gasteiger partial charge in [0.15, 0.2) is 0 Å². The molecule has 0 aliphatic carbocycles. The van der Waals surface area contributed by atoms with Crippen LogP contribution < -0.4 is 10.5 Å². The first-order valence-corrected chi connectivity index (χ1v) is 9.38. The Kier molecular flexibility index (Phi) is 5.77. The highest BCUT2D eigenvalue weighted by Crippen LogP contribution is 2.22. The molecule has 1 saturated heterocycles. The Bertz CT molecular complexity index is 794. The van der Waals surface area contributed by atoms with Gasteiger partial charge in [-0.2, -0.15) is 0 Å². The Morgan fingerprint density at radius 2 is 2.31 bits per heavy atom. The third kappa shape index (κ3) is 4.16. The summed E-state index contributed by atoms with van der Waals surface area (Å²) >= 11 is 1.15. The van der Waals surface area contributed by atoms with Gasteiger partial charge in [0.2, 0.25) is 0 Å². The molecule has 1 atom stereocenters. The van der Waals surface area contributed by atoms with Crippen LogP contribution >= 0.6 is 11.5 Å². The molecule has 26 heavy (non-hydrogen) atoms. The minimum atomic E-state index is -0.600. The number of likely N-dealkylation sites (tertiary alicyclic amines) is 1. The lowest BCUT2D eigenvalue weighted by Crippen LogP contribution is -2.44. The molecule has 1 fully saturated rings. The molecule has 2 aromatic rings. The SMILES string of the molecule is CCCc1nnsc1C(=O)N1CCCC(Oc2ccnc(C(N)=O)c2)C1. The summed E-state index contributed by atoms with van der Waals surface area (Å²) in [7, 11) is 0. The van der Waals surface area contributed by atoms with Gasteiger partial charge in [0, 0.05) is 18.8 Å². The second-order valence-corrected chi connectivity index (χ2v) is 6.93. The van der Waals surface area contributed by atoms with E-state index in [1.165, 1.54) is 12.3 Å². The van der Waals surface area contributed by atoms with Crippen LogP contribution in [0, 0.1) is 0 Å². The highest BCUT2D eigenvalue weighted by Gasteiger charge is 2.28. The number of nitrogens with zero attached hydrogens (tertiary/aromatic N) is 4. The first kappa shape index (κ1) is 18.2. The molecular formula is C17H21N5O3S. The maximum absolute atomic E-state index is 12.8. The Morgan fingerprint density at radius 3 is 3.08 bits per heavy atom. The lowest BCUT2D eigenvalue weighted by atomic mass is 10.1. The molecule has 9 heteroatoms. The number of ether oxygens (including phenoxy) is 1. The van der Waals surface area contributed by atoms with Gasteiger partial charge in [-0.25, -0.2) is 0 Å². The Morgan fingerprint density at radius 1 is 1.46 bits per heavy atom. The van der Waals surface area contributed by atoms with E-state index >= 15 is 0 Å². The molecule has 1 unspecified atom stereocenters. The second kappa shape index (κ2) is 8.22. The van der Waals surface area contributed by atoms with Crippen LogP contribution in [0.1, 0.15) is 52.0 Å². The monoisotopic (exact) mass is 375 g/mol. The zero-order chi connectivity index (χ0) is 18.5. The second-order valence-electron chi connectivity index (χ2n) is 6.17. The Balaban J connectivity index is 1.67. The van der Waals surface area contributed by atoms with Crippen molar-refractivity contribution in [2.45, 2.75) is 38.7 Å². The molecule has 0 saturated carbocycles. The van der Waals surface area contributed by atoms with Gasteiger partial charge in [-0.05, 0) is 36.9 Å². The summed E-state index contributed by atoms with van der Waals surface area (Å²) in [6.45, 7) is 3.22. The third-order valence-electron chi connectivity index (χ3n) is 4.19. The molecule has 0 spiro atoms. The van der Waals surface area contributed by atoms with E-state index in [2.05, 4.69) is 14.6 Å². The third-order valence-corrected chi connectivity index (χ3v) is 4.94. The van der Waals surface area contributed by atoms with Crippen molar-refractivity contribution in [3.05, 3.63) is 34.6 Å². The summed E-state index contributed by atoms with van der Waals surface area (Å²) in [5.41, 5.74) is 6.18. The van der Waals surface area contributed by atoms with Crippen LogP contribution in [0.25, 0.3) is 0 Å². The van der Waals surface area contributed by atoms with Crippen LogP contribution in [0.4, 0.5) is 0 Å². The lowest BCUT2D eigenvalue weighted by Gasteiger charge is -2.32. The molecule has 1 aliphatic heterocycles. The molecule has 0 bridgehead atoms. The van der Waals surface area contributed by atoms with E-state index in [9.17, 15) is 9.59 Å². The van der Waals surface area contributed by atoms with Crippen LogP contribution in [-0.2, 0) is 6.42 Å². The van der Waals surface area contributed by atoms with E-state index in [1.807, 2.05) is 6.92 Å². The first-order chi connectivity index (χ1) is 12.6. The molecule has 3 rings (SSSR count). The van der Waals surface area contributed by atoms with E-state index in [1.54, 1.807) is 11.0 Å². The van der Waals surface area contributed by atoms with E-state index in [0.717, 1.165) is 42.9 Å². The number of carbonyl (C=O) groups excluding carboxylic acids is 2. The summed E-state index contributed by atoms with van der Waals surface area (Å²) in [6, 6.07) is 3.20. The fraction of sp³-hybridized carbons (Fsp3) is 0.471. The number of aromatic nitrogens is 3. The molecule has 2 amide bonds. The maximum atomic E-state index is 12.8. The van der Waals surface area contributed by atoms with E-state index in [-0.39, 0.29) is 17.7 Å². The summed E-state index contributed by atoms with van der Waals surface area (Å²) in [5, 5.41) is 4.07. The number of hydrogen-bond donors (Lipinski definition) is 1. The topological polar surface area (TPSA) is 111 Å². The number of nitrogens with two attached hydrogens (primary N) is 1. The standard InChI is InChI=1S/C17H21N5O3S/c1-2-4-13-15(26-21-20-13)17(24)22-8-3-5-12(10-22)25-11-6-7-19-14(9-11)16(18)23/h6-7,9,12H,2-5,8,10H2,1H3,(H2,18,23). The normalized spacial score (nSPS) is 17.1. The van der Waals surface area contributed by atoms with Crippen molar-refractivity contribution in [2.75, 3.05) is 13.1 Å². The quantitative estimate of drug-likeness (QED) is 0.822. The van der Waals surface area contributed by atoms with Gasteiger partial charge in [-0.3, -0.25) is 14.6 Å². The van der Waals surface area contributed by atoms with Gasteiger partial charge < -0.3 is 15.4 Å². The number of amides is 2. The fourth-order valence-corrected chi connectivity index (χ4v) is 3.62. The summed E-state index contributed by atoms with van der Waals surface area (Å²) in [5.74, 6) is -0.111. The van der Waals surface area contributed by atoms with Gasteiger partial charge in [0.25, 0.3) is 11.8 Å². The predicted molar refractivity (Wildman–Crippen MR) is 96.2 cm³/mol. The zero-order valence-corrected chi connectivity index (χ0v) is 15.4. The van der Waals surface area contributed by atoms with Crippen molar-refractivity contribution in [1.82, 2.24) is 19.5 Å². The number of primary amides is 1. The molecule has 138 valence electrons. The molecule has 0 aromatic carbocycles. The van der Waals surface area contributed by atoms with E-state index in [0.29, 0.717) is 23.7 Å². The number of rotatable bonds is 6. The molecular weight excluding hydrogens is 354 g/mol. The van der Waals surface area contributed by atoms with Crippen molar-refractivity contribution in [3.8, 4) is 5.75 Å². The lowest BCUT2D eigenvalue weighted by molar-refractivity contribution is 0.0541. The van der Waals surface area contributed by atoms with Crippen LogP contribution in [-0.4, -0.2) is 50.5 Å². The van der Waals surface area contributed by atoms with Crippen LogP contribution in [0.2, 0.25) is 0 Å². The minimum Gasteiger partial charge on any atom is -0.488 e. The largest absolute Gasteiger partial charge is 0.488 e. The number of piperidine rings is 1. The van der Waals surface area contributed by atoms with Gasteiger partial charge in [-0.1, -0.05) is 17.8 Å². The van der Waals surface area contributed by atoms with Gasteiger partial charge in [0.1, 0.15) is 22.4 Å². The predicted octanol–water partition coefficient (Wildman–Crippen LogP) is 1.67. The molecule has 8 nitrogen and oxygen atoms in total. The highest BCUT2D eigenvalue weighted by atomic mass is 32.1. The molecule has 3 heterocycles. The molecule has 1 aliphatic rings. The summed E-state index contributed by atoms with van der Waals surface area (Å²) in [6.07, 6.45) is 4.69. The van der Waals surface area contributed by atoms with Crippen molar-refractivity contribution in [1.29, 1.82) is 0 Å². The summed E-state index contributed by atoms with van der Waals surface area (Å²) < 4.78 is 9.88. The first-order valence-electron chi connectivity index (χ1n) is 8.61. The summed E-state index contributed by atoms with van der Waals surface area (Å²) in [4.78, 5) is 30.4. The Hall–Kier alpha value is -2.55. The zero-order valence-electron chi connectivity index (χ0n) is 14.6. The van der Waals surface area contributed by atoms with E-state index < -0.39 is 5.91 Å². The molecule has 0 radical (unpaired) electrons. The number of carbonyl (C=O) groups is 2. The minimum absolute atomic E-state index is 0.0377. The molecule has 2 N–H and O–H groups in total. The van der Waals surface area contributed by atoms with Crippen molar-refractivity contribution in [2.24, 2.45) is 5.73 Å².